The third-order valence-electron chi connectivity index (χ3n) is 1.88. The molecule has 0 radical (unpaired) electrons. The van der Waals surface area contributed by atoms with Gasteiger partial charge in [0.15, 0.2) is 12.2 Å². The molecule has 0 bridgehead atoms. The van der Waals surface area contributed by atoms with Crippen molar-refractivity contribution in [3.63, 3.8) is 0 Å². The molecule has 0 spiro atoms. The van der Waals surface area contributed by atoms with Crippen LogP contribution >= 0.6 is 0 Å². The number of carbonyl (C=O) groups excluding carboxylic acids is 2. The fraction of sp³-hybridized carbons (Fsp3) is 0.200. The van der Waals surface area contributed by atoms with Gasteiger partial charge in [-0.2, -0.15) is 0 Å². The molecule has 1 heterocycles. The Morgan fingerprint density at radius 1 is 1.22 bits per heavy atom. The molecule has 8 heteroatoms. The fourth-order valence-electron chi connectivity index (χ4n) is 0.958. The van der Waals surface area contributed by atoms with Gasteiger partial charge in [-0.25, -0.2) is 14.4 Å². The fourth-order valence-corrected chi connectivity index (χ4v) is 0.958. The second kappa shape index (κ2) is 5.84. The third-order valence-corrected chi connectivity index (χ3v) is 1.88. The first-order valence-corrected chi connectivity index (χ1v) is 4.68. The smallest absolute Gasteiger partial charge is 0.347 e. The Kier molecular flexibility index (Phi) is 4.46. The minimum atomic E-state index is -2.36. The van der Waals surface area contributed by atoms with Gasteiger partial charge in [-0.1, -0.05) is 0 Å². The van der Waals surface area contributed by atoms with Crippen LogP contribution in [-0.4, -0.2) is 50.4 Å². The second-order valence-electron chi connectivity index (χ2n) is 3.18. The van der Waals surface area contributed by atoms with Crippen LogP contribution in [0.5, 0.6) is 0 Å². The van der Waals surface area contributed by atoms with Crippen molar-refractivity contribution in [2.24, 2.45) is 0 Å². The van der Waals surface area contributed by atoms with Gasteiger partial charge < -0.3 is 20.1 Å². The maximum atomic E-state index is 11.3. The number of carboxylic acid groups (broad SMARTS) is 1. The number of pyridine rings is 1. The lowest BCUT2D eigenvalue weighted by Gasteiger charge is -2.11. The molecule has 0 fully saturated rings. The first-order chi connectivity index (χ1) is 8.43. The Bertz CT molecular complexity index is 459. The number of nitrogens with zero attached hydrogens (tertiary/aromatic N) is 1. The van der Waals surface area contributed by atoms with Crippen LogP contribution in [0.3, 0.4) is 0 Å². The molecule has 3 N–H and O–H groups in total. The van der Waals surface area contributed by atoms with Crippen molar-refractivity contribution >= 4 is 17.9 Å². The van der Waals surface area contributed by atoms with Crippen molar-refractivity contribution in [2.45, 2.75) is 12.2 Å². The zero-order valence-electron chi connectivity index (χ0n) is 8.89. The van der Waals surface area contributed by atoms with Gasteiger partial charge in [0.2, 0.25) is 0 Å². The number of aliphatic carboxylic acids is 1. The summed E-state index contributed by atoms with van der Waals surface area (Å²) in [6.45, 7) is 0. The summed E-state index contributed by atoms with van der Waals surface area (Å²) in [5, 5.41) is 26.3. The number of esters is 2. The van der Waals surface area contributed by atoms with Gasteiger partial charge >= 0.3 is 17.9 Å². The lowest BCUT2D eigenvalue weighted by Crippen LogP contribution is -2.41. The standard InChI is InChI=1S/C10H9NO7/c12-6(8(14)15)7(13)10(17)18-9(16)5-2-1-3-11-4-5/h1-4,6-7,12-13H,(H,14,15). The number of aliphatic hydroxyl groups excluding tert-OH is 2. The maximum absolute atomic E-state index is 11.3. The van der Waals surface area contributed by atoms with Crippen LogP contribution in [0.2, 0.25) is 0 Å². The van der Waals surface area contributed by atoms with E-state index in [-0.39, 0.29) is 5.56 Å². The van der Waals surface area contributed by atoms with E-state index in [0.29, 0.717) is 0 Å². The van der Waals surface area contributed by atoms with Crippen molar-refractivity contribution < 1.29 is 34.4 Å². The molecule has 0 aliphatic heterocycles. The minimum absolute atomic E-state index is 0.0529. The molecule has 96 valence electrons. The number of rotatable bonds is 4. The highest BCUT2D eigenvalue weighted by Gasteiger charge is 2.32. The van der Waals surface area contributed by atoms with Crippen LogP contribution in [0.4, 0.5) is 0 Å². The molecule has 1 rings (SSSR count). The van der Waals surface area contributed by atoms with Gasteiger partial charge in [0.05, 0.1) is 5.56 Å². The molecule has 2 unspecified atom stereocenters. The van der Waals surface area contributed by atoms with Gasteiger partial charge in [0.25, 0.3) is 0 Å². The molecule has 0 saturated heterocycles. The number of carboxylic acids is 1. The summed E-state index contributed by atoms with van der Waals surface area (Å²) in [7, 11) is 0. The SMILES string of the molecule is O=C(OC(=O)C(O)C(O)C(=O)O)c1cccnc1. The van der Waals surface area contributed by atoms with Crippen LogP contribution in [-0.2, 0) is 14.3 Å². The molecular formula is C10H9NO7. The number of hydrogen-bond acceptors (Lipinski definition) is 7. The Hall–Kier alpha value is -2.32. The van der Waals surface area contributed by atoms with Gasteiger partial charge in [-0.05, 0) is 12.1 Å². The summed E-state index contributed by atoms with van der Waals surface area (Å²) in [5.41, 5.74) is -0.0529. The third kappa shape index (κ3) is 3.34. The van der Waals surface area contributed by atoms with Gasteiger partial charge in [0.1, 0.15) is 0 Å². The van der Waals surface area contributed by atoms with E-state index in [1.165, 1.54) is 18.3 Å². The van der Waals surface area contributed by atoms with Crippen molar-refractivity contribution in [2.75, 3.05) is 0 Å². The minimum Gasteiger partial charge on any atom is -0.479 e. The molecular weight excluding hydrogens is 246 g/mol. The molecule has 0 aliphatic carbocycles. The number of aromatic nitrogens is 1. The highest BCUT2D eigenvalue weighted by atomic mass is 16.6. The topological polar surface area (TPSA) is 134 Å². The first kappa shape index (κ1) is 13.7. The van der Waals surface area contributed by atoms with Crippen LogP contribution in [0, 0.1) is 0 Å². The number of ether oxygens (including phenoxy) is 1. The van der Waals surface area contributed by atoms with Crippen LogP contribution in [0.1, 0.15) is 10.4 Å². The summed E-state index contributed by atoms with van der Waals surface area (Å²) in [6, 6.07) is 2.73. The van der Waals surface area contributed by atoms with E-state index < -0.39 is 30.1 Å². The second-order valence-corrected chi connectivity index (χ2v) is 3.18. The largest absolute Gasteiger partial charge is 0.479 e. The van der Waals surface area contributed by atoms with Gasteiger partial charge in [-0.15, -0.1) is 0 Å². The van der Waals surface area contributed by atoms with E-state index in [2.05, 4.69) is 9.72 Å². The normalized spacial score (nSPS) is 13.4. The predicted molar refractivity (Wildman–Crippen MR) is 54.3 cm³/mol. The average Bonchev–Trinajstić information content (AvgIpc) is 2.37. The number of aliphatic hydroxyl groups is 2. The summed E-state index contributed by atoms with van der Waals surface area (Å²) >= 11 is 0. The molecule has 0 aromatic carbocycles. The lowest BCUT2D eigenvalue weighted by molar-refractivity contribution is -0.166. The average molecular weight is 255 g/mol. The Morgan fingerprint density at radius 3 is 2.39 bits per heavy atom. The van der Waals surface area contributed by atoms with Crippen molar-refractivity contribution in [3.8, 4) is 0 Å². The summed E-state index contributed by atoms with van der Waals surface area (Å²) in [5.74, 6) is -4.48. The molecule has 18 heavy (non-hydrogen) atoms. The molecule has 0 amide bonds. The van der Waals surface area contributed by atoms with E-state index in [1.54, 1.807) is 0 Å². The summed E-state index contributed by atoms with van der Waals surface area (Å²) < 4.78 is 4.18. The van der Waals surface area contributed by atoms with Crippen molar-refractivity contribution in [1.29, 1.82) is 0 Å². The highest BCUT2D eigenvalue weighted by Crippen LogP contribution is 2.03. The Labute approximate surface area is 100 Å². The quantitative estimate of drug-likeness (QED) is 0.440. The van der Waals surface area contributed by atoms with E-state index in [1.807, 2.05) is 0 Å². The van der Waals surface area contributed by atoms with Gasteiger partial charge in [-0.3, -0.25) is 4.98 Å². The zero-order valence-corrected chi connectivity index (χ0v) is 8.89. The van der Waals surface area contributed by atoms with Gasteiger partial charge in [0, 0.05) is 12.4 Å². The predicted octanol–water partition coefficient (Wildman–Crippen LogP) is -1.43. The zero-order chi connectivity index (χ0) is 13.7. The lowest BCUT2D eigenvalue weighted by atomic mass is 10.2. The maximum Gasteiger partial charge on any atom is 0.347 e. The highest BCUT2D eigenvalue weighted by molar-refractivity contribution is 5.98. The molecule has 2 atom stereocenters. The summed E-state index contributed by atoms with van der Waals surface area (Å²) in [6.07, 6.45) is -2.20. The molecule has 0 saturated carbocycles. The van der Waals surface area contributed by atoms with E-state index in [9.17, 15) is 14.4 Å². The number of carbonyl (C=O) groups is 3. The van der Waals surface area contributed by atoms with Crippen LogP contribution in [0.25, 0.3) is 0 Å². The van der Waals surface area contributed by atoms with E-state index in [0.717, 1.165) is 6.20 Å². The Balaban J connectivity index is 2.66. The van der Waals surface area contributed by atoms with E-state index in [4.69, 9.17) is 15.3 Å². The summed E-state index contributed by atoms with van der Waals surface area (Å²) in [4.78, 5) is 36.4. The van der Waals surface area contributed by atoms with E-state index >= 15 is 0 Å². The first-order valence-electron chi connectivity index (χ1n) is 4.68. The molecule has 1 aromatic rings. The number of hydrogen-bond donors (Lipinski definition) is 3. The van der Waals surface area contributed by atoms with Crippen molar-refractivity contribution in [1.82, 2.24) is 4.98 Å². The van der Waals surface area contributed by atoms with Crippen LogP contribution < -0.4 is 0 Å². The molecule has 8 nitrogen and oxygen atoms in total. The van der Waals surface area contributed by atoms with Crippen molar-refractivity contribution in [3.05, 3.63) is 30.1 Å². The molecule has 1 aromatic heterocycles. The molecule has 0 aliphatic rings. The van der Waals surface area contributed by atoms with Crippen LogP contribution in [0.15, 0.2) is 24.5 Å². The Morgan fingerprint density at radius 2 is 1.89 bits per heavy atom. The monoisotopic (exact) mass is 255 g/mol.